The number of amides is 1. The molecule has 1 aliphatic heterocycles. The number of rotatable bonds is 3. The van der Waals surface area contributed by atoms with E-state index in [1.165, 1.54) is 16.7 Å². The van der Waals surface area contributed by atoms with Gasteiger partial charge in [-0.15, -0.1) is 0 Å². The minimum atomic E-state index is -0.441. The van der Waals surface area contributed by atoms with Gasteiger partial charge in [0.1, 0.15) is 5.60 Å². The number of carbonyl (C=O) groups excluding carboxylic acids is 1. The molecule has 4 heteroatoms. The molecule has 122 valence electrons. The zero-order valence-electron chi connectivity index (χ0n) is 14.4. The van der Waals surface area contributed by atoms with Gasteiger partial charge in [-0.05, 0) is 43.9 Å². The van der Waals surface area contributed by atoms with Crippen LogP contribution < -0.4 is 5.32 Å². The summed E-state index contributed by atoms with van der Waals surface area (Å²) in [6.07, 6.45) is 0.674. The Kier molecular flexibility index (Phi) is 5.12. The van der Waals surface area contributed by atoms with Crippen molar-refractivity contribution in [1.82, 2.24) is 10.2 Å². The third-order valence-electron chi connectivity index (χ3n) is 3.65. The van der Waals surface area contributed by atoms with Crippen molar-refractivity contribution in [3.63, 3.8) is 0 Å². The van der Waals surface area contributed by atoms with Crippen LogP contribution in [0.1, 0.15) is 51.3 Å². The molecule has 0 aromatic heterocycles. The average molecular weight is 304 g/mol. The predicted octanol–water partition coefficient (Wildman–Crippen LogP) is 3.48. The standard InChI is InChI=1S/C18H28N2O2/c1-13(2)19-11-14-6-7-16-12-20(9-8-15(16)10-14)17(21)22-18(3,4)5/h6-7,10,13,19H,8-9,11-12H2,1-5H3. The van der Waals surface area contributed by atoms with Crippen molar-refractivity contribution in [3.8, 4) is 0 Å². The van der Waals surface area contributed by atoms with Crippen molar-refractivity contribution in [1.29, 1.82) is 0 Å². The minimum absolute atomic E-state index is 0.219. The fraction of sp³-hybridized carbons (Fsp3) is 0.611. The lowest BCUT2D eigenvalue weighted by atomic mass is 9.97. The number of hydrogen-bond donors (Lipinski definition) is 1. The first-order valence-electron chi connectivity index (χ1n) is 8.06. The molecule has 0 spiro atoms. The summed E-state index contributed by atoms with van der Waals surface area (Å²) >= 11 is 0. The Labute approximate surface area is 133 Å². The molecule has 0 saturated carbocycles. The highest BCUT2D eigenvalue weighted by atomic mass is 16.6. The lowest BCUT2D eigenvalue weighted by Crippen LogP contribution is -2.39. The minimum Gasteiger partial charge on any atom is -0.444 e. The van der Waals surface area contributed by atoms with Gasteiger partial charge in [0.25, 0.3) is 0 Å². The molecular weight excluding hydrogens is 276 g/mol. The summed E-state index contributed by atoms with van der Waals surface area (Å²) in [6.45, 7) is 12.3. The molecule has 0 radical (unpaired) electrons. The van der Waals surface area contributed by atoms with Crippen LogP contribution in [0.3, 0.4) is 0 Å². The van der Waals surface area contributed by atoms with E-state index in [-0.39, 0.29) is 6.09 Å². The largest absolute Gasteiger partial charge is 0.444 e. The number of ether oxygens (including phenoxy) is 1. The zero-order valence-corrected chi connectivity index (χ0v) is 14.4. The summed E-state index contributed by atoms with van der Waals surface area (Å²) in [5, 5.41) is 3.44. The van der Waals surface area contributed by atoms with Gasteiger partial charge in [-0.3, -0.25) is 0 Å². The van der Waals surface area contributed by atoms with Crippen LogP contribution in [0.2, 0.25) is 0 Å². The Morgan fingerprint density at radius 2 is 2.05 bits per heavy atom. The van der Waals surface area contributed by atoms with E-state index in [0.29, 0.717) is 12.6 Å². The third-order valence-corrected chi connectivity index (χ3v) is 3.65. The molecule has 0 unspecified atom stereocenters. The lowest BCUT2D eigenvalue weighted by molar-refractivity contribution is 0.0224. The first-order valence-corrected chi connectivity index (χ1v) is 8.06. The van der Waals surface area contributed by atoms with Gasteiger partial charge in [0.15, 0.2) is 0 Å². The van der Waals surface area contributed by atoms with Gasteiger partial charge in [-0.1, -0.05) is 32.0 Å². The molecule has 0 saturated heterocycles. The van der Waals surface area contributed by atoms with Gasteiger partial charge in [0, 0.05) is 25.7 Å². The first kappa shape index (κ1) is 16.8. The molecule has 1 aliphatic rings. The van der Waals surface area contributed by atoms with E-state index < -0.39 is 5.60 Å². The Morgan fingerprint density at radius 1 is 1.32 bits per heavy atom. The van der Waals surface area contributed by atoms with Crippen LogP contribution in [0.25, 0.3) is 0 Å². The summed E-state index contributed by atoms with van der Waals surface area (Å²) in [6, 6.07) is 7.03. The smallest absolute Gasteiger partial charge is 0.410 e. The topological polar surface area (TPSA) is 41.6 Å². The number of fused-ring (bicyclic) bond motifs is 1. The molecule has 22 heavy (non-hydrogen) atoms. The van der Waals surface area contributed by atoms with Gasteiger partial charge in [0.2, 0.25) is 0 Å². The quantitative estimate of drug-likeness (QED) is 0.929. The van der Waals surface area contributed by atoms with Crippen molar-refractivity contribution < 1.29 is 9.53 Å². The summed E-state index contributed by atoms with van der Waals surface area (Å²) in [4.78, 5) is 14.0. The maximum atomic E-state index is 12.2. The van der Waals surface area contributed by atoms with Gasteiger partial charge >= 0.3 is 6.09 Å². The summed E-state index contributed by atoms with van der Waals surface area (Å²) < 4.78 is 5.46. The number of hydrogen-bond acceptors (Lipinski definition) is 3. The molecule has 0 aliphatic carbocycles. The molecule has 0 bridgehead atoms. The molecular formula is C18H28N2O2. The number of carbonyl (C=O) groups is 1. The summed E-state index contributed by atoms with van der Waals surface area (Å²) in [7, 11) is 0. The Balaban J connectivity index is 2.01. The van der Waals surface area contributed by atoms with Crippen molar-refractivity contribution in [2.75, 3.05) is 6.54 Å². The van der Waals surface area contributed by atoms with Gasteiger partial charge < -0.3 is 15.0 Å². The zero-order chi connectivity index (χ0) is 16.3. The highest BCUT2D eigenvalue weighted by Gasteiger charge is 2.25. The van der Waals surface area contributed by atoms with Crippen molar-refractivity contribution in [2.24, 2.45) is 0 Å². The van der Waals surface area contributed by atoms with E-state index in [4.69, 9.17) is 4.74 Å². The highest BCUT2D eigenvalue weighted by molar-refractivity contribution is 5.68. The Hall–Kier alpha value is -1.55. The number of nitrogens with zero attached hydrogens (tertiary/aromatic N) is 1. The first-order chi connectivity index (χ1) is 10.2. The van der Waals surface area contributed by atoms with Gasteiger partial charge in [0.05, 0.1) is 0 Å². The Morgan fingerprint density at radius 3 is 2.68 bits per heavy atom. The van der Waals surface area contributed by atoms with E-state index in [1.807, 2.05) is 20.8 Å². The molecule has 0 fully saturated rings. The maximum absolute atomic E-state index is 12.2. The van der Waals surface area contributed by atoms with Crippen molar-refractivity contribution >= 4 is 6.09 Å². The fourth-order valence-electron chi connectivity index (χ4n) is 2.52. The van der Waals surface area contributed by atoms with E-state index in [2.05, 4.69) is 37.4 Å². The molecule has 1 heterocycles. The molecule has 1 amide bonds. The van der Waals surface area contributed by atoms with Gasteiger partial charge in [-0.25, -0.2) is 4.79 Å². The Bertz CT molecular complexity index is 532. The molecule has 1 aromatic rings. The lowest BCUT2D eigenvalue weighted by Gasteiger charge is -2.31. The maximum Gasteiger partial charge on any atom is 0.410 e. The van der Waals surface area contributed by atoms with E-state index in [1.54, 1.807) is 4.90 Å². The molecule has 4 nitrogen and oxygen atoms in total. The monoisotopic (exact) mass is 304 g/mol. The third kappa shape index (κ3) is 4.73. The number of benzene rings is 1. The van der Waals surface area contributed by atoms with Crippen LogP contribution in [0.4, 0.5) is 4.79 Å². The van der Waals surface area contributed by atoms with Crippen LogP contribution >= 0.6 is 0 Å². The second-order valence-corrected chi connectivity index (χ2v) is 7.29. The SMILES string of the molecule is CC(C)NCc1ccc2c(c1)CCN(C(=O)OC(C)(C)C)C2. The second-order valence-electron chi connectivity index (χ2n) is 7.29. The van der Waals surface area contributed by atoms with Crippen molar-refractivity contribution in [3.05, 3.63) is 34.9 Å². The van der Waals surface area contributed by atoms with Gasteiger partial charge in [-0.2, -0.15) is 0 Å². The van der Waals surface area contributed by atoms with Crippen LogP contribution in [0, 0.1) is 0 Å². The fourth-order valence-corrected chi connectivity index (χ4v) is 2.52. The molecule has 0 atom stereocenters. The summed E-state index contributed by atoms with van der Waals surface area (Å²) in [5.74, 6) is 0. The highest BCUT2D eigenvalue weighted by Crippen LogP contribution is 2.22. The average Bonchev–Trinajstić information content (AvgIpc) is 2.42. The van der Waals surface area contributed by atoms with E-state index in [0.717, 1.165) is 19.5 Å². The molecule has 2 rings (SSSR count). The van der Waals surface area contributed by atoms with Crippen LogP contribution in [0.5, 0.6) is 0 Å². The van der Waals surface area contributed by atoms with Crippen molar-refractivity contribution in [2.45, 2.75) is 65.8 Å². The molecule has 1 N–H and O–H groups in total. The van der Waals surface area contributed by atoms with E-state index in [9.17, 15) is 4.79 Å². The second kappa shape index (κ2) is 6.69. The van der Waals surface area contributed by atoms with Crippen LogP contribution in [-0.2, 0) is 24.2 Å². The van der Waals surface area contributed by atoms with E-state index >= 15 is 0 Å². The normalized spacial score (nSPS) is 14.9. The predicted molar refractivity (Wildman–Crippen MR) is 88.8 cm³/mol. The van der Waals surface area contributed by atoms with Crippen LogP contribution in [-0.4, -0.2) is 29.2 Å². The summed E-state index contributed by atoms with van der Waals surface area (Å²) in [5.41, 5.74) is 3.44. The molecule has 1 aromatic carbocycles. The van der Waals surface area contributed by atoms with Crippen LogP contribution in [0.15, 0.2) is 18.2 Å². The number of nitrogens with one attached hydrogen (secondary N) is 1.